The van der Waals surface area contributed by atoms with Crippen LogP contribution in [0.1, 0.15) is 19.3 Å². The number of carbonyl (C=O) groups excluding carboxylic acids is 1. The summed E-state index contributed by atoms with van der Waals surface area (Å²) in [5.74, 6) is 2.21. The summed E-state index contributed by atoms with van der Waals surface area (Å²) >= 11 is 0. The van der Waals surface area contributed by atoms with Gasteiger partial charge in [0.25, 0.3) is 0 Å². The van der Waals surface area contributed by atoms with E-state index in [4.69, 9.17) is 15.2 Å². The maximum Gasteiger partial charge on any atom is 0.227 e. The van der Waals surface area contributed by atoms with E-state index in [-0.39, 0.29) is 30.3 Å². The third kappa shape index (κ3) is 5.11. The summed E-state index contributed by atoms with van der Waals surface area (Å²) in [6.07, 6.45) is 2.55. The molecule has 0 aromatic heterocycles. The Morgan fingerprint density at radius 3 is 2.44 bits per heavy atom. The van der Waals surface area contributed by atoms with Crippen molar-refractivity contribution >= 4 is 24.0 Å². The lowest BCUT2D eigenvalue weighted by molar-refractivity contribution is -0.119. The van der Waals surface area contributed by atoms with Gasteiger partial charge in [-0.3, -0.25) is 4.79 Å². The van der Waals surface area contributed by atoms with Gasteiger partial charge in [0.05, 0.1) is 7.11 Å². The number of nitrogens with one attached hydrogen (secondary N) is 1. The summed E-state index contributed by atoms with van der Waals surface area (Å²) in [7, 11) is 1.62. The van der Waals surface area contributed by atoms with E-state index >= 15 is 0 Å². The third-order valence-electron chi connectivity index (χ3n) is 4.24. The van der Waals surface area contributed by atoms with Crippen LogP contribution in [0.25, 0.3) is 0 Å². The molecular formula is C19H23ClN2O3. The van der Waals surface area contributed by atoms with Crippen LogP contribution in [0, 0.1) is 5.92 Å². The number of anilines is 1. The average Bonchev–Trinajstić information content (AvgIpc) is 3.03. The summed E-state index contributed by atoms with van der Waals surface area (Å²) in [5.41, 5.74) is 6.63. The molecule has 1 fully saturated rings. The molecule has 1 aliphatic rings. The molecule has 3 N–H and O–H groups in total. The van der Waals surface area contributed by atoms with Crippen LogP contribution in [0.4, 0.5) is 5.69 Å². The highest BCUT2D eigenvalue weighted by Crippen LogP contribution is 2.28. The zero-order valence-corrected chi connectivity index (χ0v) is 14.9. The zero-order valence-electron chi connectivity index (χ0n) is 14.1. The highest BCUT2D eigenvalue weighted by atomic mass is 35.5. The molecule has 5 nitrogen and oxygen atoms in total. The maximum atomic E-state index is 12.2. The molecule has 0 aliphatic heterocycles. The smallest absolute Gasteiger partial charge is 0.227 e. The van der Waals surface area contributed by atoms with Crippen LogP contribution in [0.15, 0.2) is 48.5 Å². The molecule has 0 heterocycles. The number of hydrogen-bond acceptors (Lipinski definition) is 4. The van der Waals surface area contributed by atoms with Crippen LogP contribution < -0.4 is 20.5 Å². The van der Waals surface area contributed by atoms with E-state index in [9.17, 15) is 4.79 Å². The van der Waals surface area contributed by atoms with Crippen molar-refractivity contribution in [3.8, 4) is 17.2 Å². The van der Waals surface area contributed by atoms with Gasteiger partial charge >= 0.3 is 0 Å². The Balaban J connectivity index is 0.00000225. The van der Waals surface area contributed by atoms with Crippen molar-refractivity contribution in [3.63, 3.8) is 0 Å². The monoisotopic (exact) mass is 362 g/mol. The number of methoxy groups -OCH3 is 1. The van der Waals surface area contributed by atoms with Crippen molar-refractivity contribution < 1.29 is 14.3 Å². The number of hydrogen-bond donors (Lipinski definition) is 2. The van der Waals surface area contributed by atoms with Crippen LogP contribution in [0.3, 0.4) is 0 Å². The van der Waals surface area contributed by atoms with Crippen molar-refractivity contribution in [2.45, 2.75) is 25.3 Å². The van der Waals surface area contributed by atoms with Crippen LogP contribution in [0.2, 0.25) is 0 Å². The summed E-state index contributed by atoms with van der Waals surface area (Å²) in [5, 5.41) is 2.94. The molecule has 2 atom stereocenters. The second kappa shape index (κ2) is 8.74. The Kier molecular flexibility index (Phi) is 6.67. The van der Waals surface area contributed by atoms with Crippen molar-refractivity contribution in [2.75, 3.05) is 12.4 Å². The number of halogens is 1. The Morgan fingerprint density at radius 1 is 1.08 bits per heavy atom. The molecule has 3 rings (SSSR count). The Hall–Kier alpha value is -2.24. The van der Waals surface area contributed by atoms with Gasteiger partial charge in [-0.2, -0.15) is 0 Å². The molecule has 1 amide bonds. The Morgan fingerprint density at radius 2 is 1.80 bits per heavy atom. The van der Waals surface area contributed by atoms with E-state index in [1.54, 1.807) is 7.11 Å². The van der Waals surface area contributed by atoms with Crippen molar-refractivity contribution in [1.29, 1.82) is 0 Å². The van der Waals surface area contributed by atoms with Crippen molar-refractivity contribution in [2.24, 2.45) is 11.7 Å². The number of ether oxygens (including phenoxy) is 2. The number of benzene rings is 2. The molecule has 0 spiro atoms. The zero-order chi connectivity index (χ0) is 16.9. The molecule has 25 heavy (non-hydrogen) atoms. The average molecular weight is 363 g/mol. The number of nitrogens with two attached hydrogens (primary N) is 1. The summed E-state index contributed by atoms with van der Waals surface area (Å²) in [6.45, 7) is 0. The third-order valence-corrected chi connectivity index (χ3v) is 4.24. The minimum absolute atomic E-state index is 0. The highest BCUT2D eigenvalue weighted by Gasteiger charge is 2.27. The quantitative estimate of drug-likeness (QED) is 0.843. The first-order valence-corrected chi connectivity index (χ1v) is 8.12. The largest absolute Gasteiger partial charge is 0.497 e. The fourth-order valence-electron chi connectivity index (χ4n) is 2.91. The van der Waals surface area contributed by atoms with Crippen molar-refractivity contribution in [1.82, 2.24) is 0 Å². The molecule has 2 aromatic carbocycles. The van der Waals surface area contributed by atoms with E-state index in [1.807, 2.05) is 48.5 Å². The molecule has 0 bridgehead atoms. The molecule has 1 aliphatic carbocycles. The minimum Gasteiger partial charge on any atom is -0.497 e. The molecule has 6 heteroatoms. The first-order valence-electron chi connectivity index (χ1n) is 8.12. The summed E-state index contributed by atoms with van der Waals surface area (Å²) in [4.78, 5) is 12.2. The molecule has 0 saturated heterocycles. The first-order chi connectivity index (χ1) is 11.6. The van der Waals surface area contributed by atoms with Gasteiger partial charge in [0, 0.05) is 23.7 Å². The fraction of sp³-hybridized carbons (Fsp3) is 0.316. The van der Waals surface area contributed by atoms with Crippen LogP contribution in [-0.2, 0) is 4.79 Å². The van der Waals surface area contributed by atoms with Gasteiger partial charge in [0.15, 0.2) is 0 Å². The predicted octanol–water partition coefficient (Wildman–Crippen LogP) is 3.98. The SMILES string of the molecule is COc1cccc(Oc2ccc(NC(=O)C3CCC(N)C3)cc2)c1.Cl. The topological polar surface area (TPSA) is 73.6 Å². The normalized spacial score (nSPS) is 19.0. The van der Waals surface area contributed by atoms with Crippen LogP contribution in [0.5, 0.6) is 17.2 Å². The predicted molar refractivity (Wildman–Crippen MR) is 101 cm³/mol. The van der Waals surface area contributed by atoms with E-state index < -0.39 is 0 Å². The first kappa shape index (κ1) is 19.1. The van der Waals surface area contributed by atoms with Gasteiger partial charge in [-0.15, -0.1) is 12.4 Å². The maximum absolute atomic E-state index is 12.2. The lowest BCUT2D eigenvalue weighted by Gasteiger charge is -2.12. The second-order valence-electron chi connectivity index (χ2n) is 6.06. The van der Waals surface area contributed by atoms with E-state index in [2.05, 4.69) is 5.32 Å². The summed E-state index contributed by atoms with van der Waals surface area (Å²) in [6, 6.07) is 14.9. The summed E-state index contributed by atoms with van der Waals surface area (Å²) < 4.78 is 11.0. The Bertz CT molecular complexity index is 706. The van der Waals surface area contributed by atoms with Gasteiger partial charge in [0.1, 0.15) is 17.2 Å². The van der Waals surface area contributed by atoms with Gasteiger partial charge in [-0.05, 0) is 55.7 Å². The number of carbonyl (C=O) groups is 1. The number of rotatable bonds is 5. The lowest BCUT2D eigenvalue weighted by Crippen LogP contribution is -2.23. The van der Waals surface area contributed by atoms with E-state index in [0.29, 0.717) is 11.5 Å². The highest BCUT2D eigenvalue weighted by molar-refractivity contribution is 5.92. The second-order valence-corrected chi connectivity index (χ2v) is 6.06. The van der Waals surface area contributed by atoms with Crippen LogP contribution in [-0.4, -0.2) is 19.1 Å². The minimum atomic E-state index is 0. The molecular weight excluding hydrogens is 340 g/mol. The molecule has 134 valence electrons. The van der Waals surface area contributed by atoms with Gasteiger partial charge < -0.3 is 20.5 Å². The molecule has 2 unspecified atom stereocenters. The molecule has 2 aromatic rings. The van der Waals surface area contributed by atoms with Gasteiger partial charge in [-0.1, -0.05) is 6.07 Å². The van der Waals surface area contributed by atoms with E-state index in [0.717, 1.165) is 30.7 Å². The van der Waals surface area contributed by atoms with Gasteiger partial charge in [-0.25, -0.2) is 0 Å². The number of amides is 1. The van der Waals surface area contributed by atoms with E-state index in [1.165, 1.54) is 0 Å². The van der Waals surface area contributed by atoms with Crippen LogP contribution >= 0.6 is 12.4 Å². The molecule has 1 saturated carbocycles. The fourth-order valence-corrected chi connectivity index (χ4v) is 2.91. The lowest BCUT2D eigenvalue weighted by atomic mass is 10.1. The standard InChI is InChI=1S/C19H22N2O3.ClH/c1-23-17-3-2-4-18(12-17)24-16-9-7-15(8-10-16)21-19(22)13-5-6-14(20)11-13;/h2-4,7-10,12-14H,5-6,11,20H2,1H3,(H,21,22);1H. The molecule has 0 radical (unpaired) electrons. The Labute approximate surface area is 153 Å². The van der Waals surface area contributed by atoms with Crippen molar-refractivity contribution in [3.05, 3.63) is 48.5 Å². The van der Waals surface area contributed by atoms with Gasteiger partial charge in [0.2, 0.25) is 5.91 Å².